The van der Waals surface area contributed by atoms with Crippen LogP contribution in [0.1, 0.15) is 63.6 Å². The molecule has 1 fully saturated rings. The Morgan fingerprint density at radius 2 is 1.34 bits per heavy atom. The molecule has 3 aromatic carbocycles. The lowest BCUT2D eigenvalue weighted by Gasteiger charge is -2.44. The van der Waals surface area contributed by atoms with Gasteiger partial charge < -0.3 is 53.6 Å². The van der Waals surface area contributed by atoms with Gasteiger partial charge in [0, 0.05) is 20.4 Å². The van der Waals surface area contributed by atoms with E-state index in [4.69, 9.17) is 37.9 Å². The van der Waals surface area contributed by atoms with Gasteiger partial charge in [0.15, 0.2) is 6.29 Å². The predicted octanol–water partition coefficient (Wildman–Crippen LogP) is 5.25. The lowest BCUT2D eigenvalue weighted by atomic mass is 9.80. The lowest BCUT2D eigenvalue weighted by Crippen LogP contribution is -2.58. The van der Waals surface area contributed by atoms with Crippen LogP contribution in [0.2, 0.25) is 0 Å². The van der Waals surface area contributed by atoms with Crippen LogP contribution in [0.4, 0.5) is 0 Å². The minimum atomic E-state index is -0.973. The summed E-state index contributed by atoms with van der Waals surface area (Å²) in [4.78, 5) is 23.2. The number of hydrogen-bond donors (Lipinski definition) is 3. The molecule has 320 valence electrons. The highest BCUT2D eigenvalue weighted by Gasteiger charge is 2.43. The summed E-state index contributed by atoms with van der Waals surface area (Å²) in [6.07, 6.45) is 0.651. The Hall–Kier alpha value is -4.08. The molecule has 0 spiro atoms. The fraction of sp³-hybridized carbons (Fsp3) is 0.556. The second-order valence-electron chi connectivity index (χ2n) is 14.6. The molecule has 6 atom stereocenters. The van der Waals surface area contributed by atoms with Crippen LogP contribution in [-0.4, -0.2) is 115 Å². The highest BCUT2D eigenvalue weighted by atomic mass is 16.7. The number of nitrogens with one attached hydrogen (secondary N) is 2. The van der Waals surface area contributed by atoms with E-state index in [0.29, 0.717) is 39.4 Å². The second kappa shape index (κ2) is 24.8. The largest absolute Gasteiger partial charge is 0.497 e. The molecule has 1 heterocycles. The zero-order valence-electron chi connectivity index (χ0n) is 35.0. The summed E-state index contributed by atoms with van der Waals surface area (Å²) >= 11 is 0. The number of amides is 1. The van der Waals surface area contributed by atoms with Crippen molar-refractivity contribution in [2.75, 3.05) is 73.6 Å². The van der Waals surface area contributed by atoms with E-state index in [1.165, 1.54) is 13.8 Å². The average Bonchev–Trinajstić information content (AvgIpc) is 3.23. The van der Waals surface area contributed by atoms with Crippen LogP contribution in [0.15, 0.2) is 78.9 Å². The van der Waals surface area contributed by atoms with E-state index in [0.717, 1.165) is 47.6 Å². The number of esters is 1. The lowest BCUT2D eigenvalue weighted by molar-refractivity contribution is -0.247. The van der Waals surface area contributed by atoms with Crippen LogP contribution in [0.25, 0.3) is 0 Å². The molecular formula is C45H64N2O11. The molecule has 3 N–H and O–H groups in total. The van der Waals surface area contributed by atoms with Crippen LogP contribution in [0.5, 0.6) is 11.5 Å². The standard InChI is InChI=1S/C45H64N2O11/c1-32-33(2)43(47-34(3)48)44(58-42(32)31-56-35(4)49)55-29-28-54-27-26-53-25-24-46-23-11-10-14-39(50)30-57-45(36-12-8-7-9-13-36,37-15-19-40(51-5)20-16-37)38-17-21-41(52-6)22-18-38/h7-9,12-13,15-22,32-33,39,42-44,46,50H,10-11,14,23-31H2,1-6H3,(H,47,48). The van der Waals surface area contributed by atoms with Gasteiger partial charge in [-0.3, -0.25) is 9.59 Å². The van der Waals surface area contributed by atoms with Crippen LogP contribution < -0.4 is 20.1 Å². The van der Waals surface area contributed by atoms with Gasteiger partial charge in [-0.1, -0.05) is 68.4 Å². The van der Waals surface area contributed by atoms with Crippen LogP contribution >= 0.6 is 0 Å². The molecule has 0 aromatic heterocycles. The molecule has 58 heavy (non-hydrogen) atoms. The quantitative estimate of drug-likeness (QED) is 0.0552. The maximum atomic E-state index is 11.9. The summed E-state index contributed by atoms with van der Waals surface area (Å²) in [6, 6.07) is 25.5. The number of unbranched alkanes of at least 4 members (excludes halogenated alkanes) is 1. The van der Waals surface area contributed by atoms with E-state index in [-0.39, 0.29) is 55.7 Å². The number of rotatable bonds is 26. The van der Waals surface area contributed by atoms with Crippen molar-refractivity contribution in [3.63, 3.8) is 0 Å². The zero-order valence-corrected chi connectivity index (χ0v) is 35.0. The Labute approximate surface area is 344 Å². The van der Waals surface area contributed by atoms with E-state index < -0.39 is 18.0 Å². The molecule has 0 aliphatic carbocycles. The van der Waals surface area contributed by atoms with Crippen molar-refractivity contribution in [3.05, 3.63) is 95.6 Å². The summed E-state index contributed by atoms with van der Waals surface area (Å²) in [6.45, 7) is 10.6. The SMILES string of the molecule is COc1ccc(C(OCC(O)CCCCNCCOCCOCCOC2OC(COC(C)=O)C(C)C(C)C2NC(C)=O)(c2ccccc2)c2ccc(OC)cc2)cc1. The summed E-state index contributed by atoms with van der Waals surface area (Å²) in [5.74, 6) is 1.05. The minimum Gasteiger partial charge on any atom is -0.497 e. The molecule has 13 nitrogen and oxygen atoms in total. The monoisotopic (exact) mass is 808 g/mol. The molecule has 3 aromatic rings. The number of benzene rings is 3. The molecule has 0 radical (unpaired) electrons. The van der Waals surface area contributed by atoms with E-state index in [1.807, 2.05) is 92.7 Å². The highest BCUT2D eigenvalue weighted by molar-refractivity contribution is 5.73. The first kappa shape index (κ1) is 46.6. The number of aliphatic hydroxyl groups is 1. The van der Waals surface area contributed by atoms with Crippen molar-refractivity contribution >= 4 is 11.9 Å². The summed E-state index contributed by atoms with van der Waals surface area (Å²) in [5, 5.41) is 17.5. The fourth-order valence-corrected chi connectivity index (χ4v) is 7.09. The summed E-state index contributed by atoms with van der Waals surface area (Å²) in [7, 11) is 3.29. The topological polar surface area (TPSA) is 152 Å². The number of hydrogen-bond acceptors (Lipinski definition) is 12. The Morgan fingerprint density at radius 1 is 0.759 bits per heavy atom. The predicted molar refractivity (Wildman–Crippen MR) is 220 cm³/mol. The molecule has 6 unspecified atom stereocenters. The van der Waals surface area contributed by atoms with E-state index in [9.17, 15) is 14.7 Å². The zero-order chi connectivity index (χ0) is 41.8. The van der Waals surface area contributed by atoms with E-state index in [1.54, 1.807) is 14.2 Å². The summed E-state index contributed by atoms with van der Waals surface area (Å²) < 4.78 is 46.4. The fourth-order valence-electron chi connectivity index (χ4n) is 7.09. The Bertz CT molecular complexity index is 1560. The van der Waals surface area contributed by atoms with Crippen LogP contribution in [-0.2, 0) is 43.6 Å². The number of carbonyl (C=O) groups excluding carboxylic acids is 2. The molecule has 1 aliphatic rings. The van der Waals surface area contributed by atoms with Crippen molar-refractivity contribution in [2.45, 2.75) is 77.1 Å². The van der Waals surface area contributed by atoms with Gasteiger partial charge in [0.2, 0.25) is 5.91 Å². The average molecular weight is 809 g/mol. The van der Waals surface area contributed by atoms with Gasteiger partial charge in [-0.05, 0) is 78.6 Å². The van der Waals surface area contributed by atoms with E-state index >= 15 is 0 Å². The van der Waals surface area contributed by atoms with Gasteiger partial charge in [0.25, 0.3) is 0 Å². The Kier molecular flexibility index (Phi) is 19.9. The first-order valence-corrected chi connectivity index (χ1v) is 20.3. The molecule has 0 saturated carbocycles. The number of aliphatic hydroxyl groups excluding tert-OH is 1. The molecule has 1 saturated heterocycles. The van der Waals surface area contributed by atoms with Crippen molar-refractivity contribution in [1.29, 1.82) is 0 Å². The summed E-state index contributed by atoms with van der Waals surface area (Å²) in [5.41, 5.74) is 1.82. The number of ether oxygens (including phenoxy) is 8. The molecule has 0 bridgehead atoms. The maximum absolute atomic E-state index is 11.9. The molecular weight excluding hydrogens is 744 g/mol. The first-order valence-electron chi connectivity index (χ1n) is 20.3. The van der Waals surface area contributed by atoms with Crippen molar-refractivity contribution in [1.82, 2.24) is 10.6 Å². The van der Waals surface area contributed by atoms with Gasteiger partial charge in [0.05, 0.1) is 72.1 Å². The third-order valence-electron chi connectivity index (χ3n) is 10.5. The van der Waals surface area contributed by atoms with Crippen molar-refractivity contribution in [3.8, 4) is 11.5 Å². The molecule has 1 amide bonds. The van der Waals surface area contributed by atoms with Crippen LogP contribution in [0.3, 0.4) is 0 Å². The van der Waals surface area contributed by atoms with Crippen molar-refractivity contribution in [2.24, 2.45) is 11.8 Å². The Morgan fingerprint density at radius 3 is 1.93 bits per heavy atom. The molecule has 4 rings (SSSR count). The van der Waals surface area contributed by atoms with Gasteiger partial charge in [-0.2, -0.15) is 0 Å². The number of methoxy groups -OCH3 is 2. The van der Waals surface area contributed by atoms with Gasteiger partial charge in [-0.25, -0.2) is 0 Å². The van der Waals surface area contributed by atoms with Crippen LogP contribution in [0, 0.1) is 11.8 Å². The minimum absolute atomic E-state index is 0.0427. The third kappa shape index (κ3) is 14.0. The third-order valence-corrected chi connectivity index (χ3v) is 10.5. The highest BCUT2D eigenvalue weighted by Crippen LogP contribution is 2.42. The molecule has 1 aliphatic heterocycles. The van der Waals surface area contributed by atoms with Gasteiger partial charge in [-0.15, -0.1) is 0 Å². The first-order chi connectivity index (χ1) is 28.1. The molecule has 13 heteroatoms. The Balaban J connectivity index is 1.12. The van der Waals surface area contributed by atoms with E-state index in [2.05, 4.69) is 10.6 Å². The second-order valence-corrected chi connectivity index (χ2v) is 14.6. The number of carbonyl (C=O) groups is 2. The van der Waals surface area contributed by atoms with Gasteiger partial charge >= 0.3 is 5.97 Å². The normalized spacial score (nSPS) is 19.9. The maximum Gasteiger partial charge on any atom is 0.302 e. The smallest absolute Gasteiger partial charge is 0.302 e. The van der Waals surface area contributed by atoms with Crippen molar-refractivity contribution < 1.29 is 52.6 Å². The van der Waals surface area contributed by atoms with Gasteiger partial charge in [0.1, 0.15) is 23.7 Å².